The first kappa shape index (κ1) is 22.4. The average molecular weight is 443 g/mol. The van der Waals surface area contributed by atoms with Crippen LogP contribution in [-0.2, 0) is 4.74 Å². The summed E-state index contributed by atoms with van der Waals surface area (Å²) in [6, 6.07) is 22.6. The first-order chi connectivity index (χ1) is 16.2. The van der Waals surface area contributed by atoms with Gasteiger partial charge in [-0.15, -0.1) is 0 Å². The van der Waals surface area contributed by atoms with E-state index in [2.05, 4.69) is 15.3 Å². The lowest BCUT2D eigenvalue weighted by Gasteiger charge is -2.22. The summed E-state index contributed by atoms with van der Waals surface area (Å²) in [5.74, 6) is -0.382. The fourth-order valence-corrected chi connectivity index (χ4v) is 3.62. The predicted molar refractivity (Wildman–Crippen MR) is 128 cm³/mol. The highest BCUT2D eigenvalue weighted by Crippen LogP contribution is 2.14. The highest BCUT2D eigenvalue weighted by Gasteiger charge is 2.17. The molecule has 0 radical (unpaired) electrons. The molecule has 33 heavy (non-hydrogen) atoms. The normalized spacial score (nSPS) is 10.9. The van der Waals surface area contributed by atoms with Crippen molar-refractivity contribution in [3.63, 3.8) is 0 Å². The van der Waals surface area contributed by atoms with Gasteiger partial charge >= 0.3 is 0 Å². The number of nitrogens with zero attached hydrogens (tertiary/aromatic N) is 3. The lowest BCUT2D eigenvalue weighted by molar-refractivity contribution is 0.0688. The van der Waals surface area contributed by atoms with Crippen molar-refractivity contribution in [3.05, 3.63) is 84.2 Å². The van der Waals surface area contributed by atoms with Crippen molar-refractivity contribution in [1.82, 2.24) is 20.2 Å². The van der Waals surface area contributed by atoms with Crippen molar-refractivity contribution < 1.29 is 14.3 Å². The number of hydrogen-bond donors (Lipinski definition) is 1. The third kappa shape index (κ3) is 5.51. The molecule has 0 aliphatic carbocycles. The van der Waals surface area contributed by atoms with Gasteiger partial charge in [0.25, 0.3) is 11.8 Å². The maximum atomic E-state index is 13.1. The fourth-order valence-electron chi connectivity index (χ4n) is 3.62. The third-order valence-corrected chi connectivity index (χ3v) is 5.39. The quantitative estimate of drug-likeness (QED) is 0.400. The van der Waals surface area contributed by atoms with Crippen molar-refractivity contribution in [2.45, 2.75) is 6.42 Å². The van der Waals surface area contributed by atoms with E-state index in [0.29, 0.717) is 44.0 Å². The van der Waals surface area contributed by atoms with Crippen molar-refractivity contribution in [3.8, 4) is 0 Å². The van der Waals surface area contributed by atoms with Crippen LogP contribution in [0.25, 0.3) is 21.8 Å². The molecule has 7 heteroatoms. The summed E-state index contributed by atoms with van der Waals surface area (Å²) in [4.78, 5) is 36.2. The summed E-state index contributed by atoms with van der Waals surface area (Å²) in [6.07, 6.45) is 0.600. The van der Waals surface area contributed by atoms with Crippen molar-refractivity contribution >= 4 is 33.6 Å². The van der Waals surface area contributed by atoms with E-state index in [4.69, 9.17) is 4.74 Å². The summed E-state index contributed by atoms with van der Waals surface area (Å²) in [5.41, 5.74) is 2.34. The van der Waals surface area contributed by atoms with Crippen LogP contribution in [0.1, 0.15) is 27.4 Å². The standard InChI is InChI=1S/C26H26N4O3/c1-33-18-17-30(26(32)24-14-12-20-8-3-5-10-22(20)29-24)16-6-15-27-25(31)23-13-11-19-7-2-4-9-21(19)28-23/h2-5,7-14H,6,15-18H2,1H3,(H,27,31). The SMILES string of the molecule is COCCN(CCCNC(=O)c1ccc2ccccc2n1)C(=O)c1ccc2ccccc2n1. The van der Waals surface area contributed by atoms with Gasteiger partial charge in [-0.1, -0.05) is 48.5 Å². The van der Waals surface area contributed by atoms with Crippen LogP contribution in [0.2, 0.25) is 0 Å². The molecule has 0 saturated heterocycles. The third-order valence-electron chi connectivity index (χ3n) is 5.39. The Morgan fingerprint density at radius 1 is 0.818 bits per heavy atom. The molecule has 0 fully saturated rings. The molecule has 2 aromatic heterocycles. The first-order valence-corrected chi connectivity index (χ1v) is 10.9. The fraction of sp³-hybridized carbons (Fsp3) is 0.231. The van der Waals surface area contributed by atoms with Crippen LogP contribution in [0.5, 0.6) is 0 Å². The highest BCUT2D eigenvalue weighted by atomic mass is 16.5. The number of nitrogens with one attached hydrogen (secondary N) is 1. The maximum Gasteiger partial charge on any atom is 0.272 e. The van der Waals surface area contributed by atoms with Gasteiger partial charge in [0.05, 0.1) is 17.6 Å². The zero-order chi connectivity index (χ0) is 23.0. The van der Waals surface area contributed by atoms with E-state index in [-0.39, 0.29) is 11.8 Å². The lowest BCUT2D eigenvalue weighted by Crippen LogP contribution is -2.37. The van der Waals surface area contributed by atoms with E-state index in [1.807, 2.05) is 60.7 Å². The van der Waals surface area contributed by atoms with Gasteiger partial charge < -0.3 is 15.0 Å². The minimum atomic E-state index is -0.230. The summed E-state index contributed by atoms with van der Waals surface area (Å²) in [6.45, 7) is 1.77. The Morgan fingerprint density at radius 2 is 1.42 bits per heavy atom. The first-order valence-electron chi connectivity index (χ1n) is 10.9. The smallest absolute Gasteiger partial charge is 0.272 e. The second-order valence-electron chi connectivity index (χ2n) is 7.67. The van der Waals surface area contributed by atoms with Gasteiger partial charge in [0.2, 0.25) is 0 Å². The number of carbonyl (C=O) groups is 2. The Kier molecular flexibility index (Phi) is 7.22. The van der Waals surface area contributed by atoms with Gasteiger partial charge in [0.15, 0.2) is 0 Å². The Morgan fingerprint density at radius 3 is 2.09 bits per heavy atom. The number of methoxy groups -OCH3 is 1. The second kappa shape index (κ2) is 10.7. The van der Waals surface area contributed by atoms with Gasteiger partial charge in [-0.2, -0.15) is 0 Å². The van der Waals surface area contributed by atoms with Crippen LogP contribution in [0, 0.1) is 0 Å². The van der Waals surface area contributed by atoms with Gasteiger partial charge in [-0.3, -0.25) is 9.59 Å². The summed E-state index contributed by atoms with van der Waals surface area (Å²) in [5, 5.41) is 4.87. The number of ether oxygens (including phenoxy) is 1. The molecule has 0 aliphatic heterocycles. The largest absolute Gasteiger partial charge is 0.383 e. The van der Waals surface area contributed by atoms with E-state index in [1.165, 1.54) is 0 Å². The zero-order valence-electron chi connectivity index (χ0n) is 18.5. The van der Waals surface area contributed by atoms with Crippen LogP contribution in [-0.4, -0.2) is 60.0 Å². The molecule has 2 heterocycles. The predicted octanol–water partition coefficient (Wildman–Crippen LogP) is 3.69. The number of hydrogen-bond acceptors (Lipinski definition) is 5. The van der Waals surface area contributed by atoms with Gasteiger partial charge in [0, 0.05) is 37.5 Å². The minimum absolute atomic E-state index is 0.152. The van der Waals surface area contributed by atoms with E-state index >= 15 is 0 Å². The second-order valence-corrected chi connectivity index (χ2v) is 7.67. The topological polar surface area (TPSA) is 84.4 Å². The molecule has 0 saturated carbocycles. The summed E-state index contributed by atoms with van der Waals surface area (Å²) >= 11 is 0. The number of aromatic nitrogens is 2. The molecule has 7 nitrogen and oxygen atoms in total. The molecule has 2 aromatic carbocycles. The van der Waals surface area contributed by atoms with E-state index in [0.717, 1.165) is 21.8 Å². The molecular formula is C26H26N4O3. The zero-order valence-corrected chi connectivity index (χ0v) is 18.5. The van der Waals surface area contributed by atoms with Gasteiger partial charge in [-0.25, -0.2) is 9.97 Å². The molecule has 4 rings (SSSR count). The molecular weight excluding hydrogens is 416 g/mol. The average Bonchev–Trinajstić information content (AvgIpc) is 2.87. The molecule has 0 unspecified atom stereocenters. The number of fused-ring (bicyclic) bond motifs is 2. The Hall–Kier alpha value is -3.84. The molecule has 1 N–H and O–H groups in total. The summed E-state index contributed by atoms with van der Waals surface area (Å²) in [7, 11) is 1.60. The minimum Gasteiger partial charge on any atom is -0.383 e. The van der Waals surface area contributed by atoms with Gasteiger partial charge in [0.1, 0.15) is 11.4 Å². The molecule has 2 amide bonds. The van der Waals surface area contributed by atoms with Crippen LogP contribution >= 0.6 is 0 Å². The van der Waals surface area contributed by atoms with Crippen molar-refractivity contribution in [2.24, 2.45) is 0 Å². The molecule has 4 aromatic rings. The number of benzene rings is 2. The Bertz CT molecular complexity index is 1270. The number of rotatable bonds is 9. The van der Waals surface area contributed by atoms with Crippen LogP contribution in [0.15, 0.2) is 72.8 Å². The molecule has 0 aliphatic rings. The number of carbonyl (C=O) groups excluding carboxylic acids is 2. The summed E-state index contributed by atoms with van der Waals surface area (Å²) < 4.78 is 5.17. The van der Waals surface area contributed by atoms with Crippen molar-refractivity contribution in [2.75, 3.05) is 33.4 Å². The van der Waals surface area contributed by atoms with Crippen molar-refractivity contribution in [1.29, 1.82) is 0 Å². The monoisotopic (exact) mass is 442 g/mol. The van der Waals surface area contributed by atoms with Crippen LogP contribution in [0.3, 0.4) is 0 Å². The molecule has 168 valence electrons. The number of para-hydroxylation sites is 2. The maximum absolute atomic E-state index is 13.1. The number of amides is 2. The molecule has 0 atom stereocenters. The molecule has 0 spiro atoms. The molecule has 0 bridgehead atoms. The Balaban J connectivity index is 1.35. The van der Waals surface area contributed by atoms with E-state index < -0.39 is 0 Å². The highest BCUT2D eigenvalue weighted by molar-refractivity contribution is 5.95. The van der Waals surface area contributed by atoms with Crippen LogP contribution in [0.4, 0.5) is 0 Å². The van der Waals surface area contributed by atoms with Crippen LogP contribution < -0.4 is 5.32 Å². The van der Waals surface area contributed by atoms with E-state index in [1.54, 1.807) is 24.1 Å². The number of pyridine rings is 2. The van der Waals surface area contributed by atoms with Gasteiger partial charge in [-0.05, 0) is 30.7 Å². The van der Waals surface area contributed by atoms with E-state index in [9.17, 15) is 9.59 Å². The Labute approximate surface area is 192 Å². The lowest BCUT2D eigenvalue weighted by atomic mass is 10.2.